The molecule has 20 heavy (non-hydrogen) atoms. The maximum Gasteiger partial charge on any atom is 0.238 e. The van der Waals surface area contributed by atoms with Gasteiger partial charge in [0.2, 0.25) is 10.0 Å². The molecule has 0 radical (unpaired) electrons. The van der Waals surface area contributed by atoms with Gasteiger partial charge in [-0.2, -0.15) is 0 Å². The average Bonchev–Trinajstić information content (AvgIpc) is 2.38. The van der Waals surface area contributed by atoms with Crippen molar-refractivity contribution in [2.45, 2.75) is 30.7 Å². The molecule has 0 saturated carbocycles. The van der Waals surface area contributed by atoms with Crippen LogP contribution in [0.2, 0.25) is 0 Å². The minimum atomic E-state index is -3.75. The van der Waals surface area contributed by atoms with Crippen LogP contribution in [0.5, 0.6) is 0 Å². The number of sulfonamides is 1. The number of nitrogens with one attached hydrogen (secondary N) is 1. The number of anilines is 2. The monoisotopic (exact) mass is 299 g/mol. The van der Waals surface area contributed by atoms with E-state index in [4.69, 9.17) is 15.6 Å². The highest BCUT2D eigenvalue weighted by Gasteiger charge is 2.21. The first-order valence-electron chi connectivity index (χ1n) is 6.64. The quantitative estimate of drug-likeness (QED) is 0.723. The molecule has 1 aliphatic heterocycles. The van der Waals surface area contributed by atoms with Gasteiger partial charge in [0.05, 0.1) is 4.90 Å². The molecule has 0 spiro atoms. The third-order valence-electron chi connectivity index (χ3n) is 3.62. The molecule has 1 aliphatic rings. The summed E-state index contributed by atoms with van der Waals surface area (Å²) in [6, 6.07) is 4.81. The Bertz CT molecular complexity index is 568. The Balaban J connectivity index is 2.14. The van der Waals surface area contributed by atoms with E-state index in [9.17, 15) is 8.42 Å². The Morgan fingerprint density at radius 3 is 2.55 bits per heavy atom. The van der Waals surface area contributed by atoms with Gasteiger partial charge in [-0.25, -0.2) is 13.6 Å². The van der Waals surface area contributed by atoms with E-state index in [1.807, 2.05) is 0 Å². The van der Waals surface area contributed by atoms with Crippen molar-refractivity contribution in [2.24, 2.45) is 11.1 Å². The summed E-state index contributed by atoms with van der Waals surface area (Å²) < 4.78 is 28.1. The van der Waals surface area contributed by atoms with Crippen LogP contribution in [0.15, 0.2) is 23.1 Å². The summed E-state index contributed by atoms with van der Waals surface area (Å²) >= 11 is 0. The maximum absolute atomic E-state index is 11.4. The molecule has 1 unspecified atom stereocenters. The van der Waals surface area contributed by atoms with E-state index >= 15 is 0 Å². The highest BCUT2D eigenvalue weighted by atomic mass is 32.2. The Morgan fingerprint density at radius 1 is 1.30 bits per heavy atom. The van der Waals surface area contributed by atoms with Crippen molar-refractivity contribution in [1.82, 2.24) is 0 Å². The predicted molar refractivity (Wildman–Crippen MR) is 78.9 cm³/mol. The Morgan fingerprint density at radius 2 is 1.95 bits per heavy atom. The molecule has 1 fully saturated rings. The molecule has 1 aromatic rings. The Labute approximate surface area is 119 Å². The minimum Gasteiger partial charge on any atom is -0.399 e. The van der Waals surface area contributed by atoms with Crippen LogP contribution in [0, 0.1) is 5.92 Å². The second-order valence-electron chi connectivity index (χ2n) is 5.22. The lowest BCUT2D eigenvalue weighted by Gasteiger charge is -2.29. The number of benzene rings is 1. The largest absolute Gasteiger partial charge is 0.399 e. The van der Waals surface area contributed by atoms with Crippen molar-refractivity contribution < 1.29 is 13.2 Å². The van der Waals surface area contributed by atoms with E-state index < -0.39 is 10.0 Å². The van der Waals surface area contributed by atoms with E-state index in [1.165, 1.54) is 12.1 Å². The lowest BCUT2D eigenvalue weighted by atomic mass is 9.93. The fraction of sp³-hybridized carbons (Fsp3) is 0.538. The lowest BCUT2D eigenvalue weighted by Crippen LogP contribution is -2.31. The maximum atomic E-state index is 11.4. The molecule has 112 valence electrons. The van der Waals surface area contributed by atoms with Gasteiger partial charge < -0.3 is 15.8 Å². The molecule has 0 aromatic heterocycles. The van der Waals surface area contributed by atoms with Crippen LogP contribution < -0.4 is 16.2 Å². The third-order valence-corrected chi connectivity index (χ3v) is 4.52. The second kappa shape index (κ2) is 5.99. The summed E-state index contributed by atoms with van der Waals surface area (Å²) in [4.78, 5) is 0.0270. The molecule has 1 atom stereocenters. The SMILES string of the molecule is CC(Nc1cc(N)cc(S(N)(=O)=O)c1)C1CCOCC1. The highest BCUT2D eigenvalue weighted by molar-refractivity contribution is 7.89. The van der Waals surface area contributed by atoms with Crippen LogP contribution in [-0.4, -0.2) is 27.7 Å². The van der Waals surface area contributed by atoms with Crippen LogP contribution in [0.3, 0.4) is 0 Å². The summed E-state index contributed by atoms with van der Waals surface area (Å²) in [5, 5.41) is 8.45. The normalized spacial score (nSPS) is 18.7. The van der Waals surface area contributed by atoms with Crippen molar-refractivity contribution >= 4 is 21.4 Å². The zero-order chi connectivity index (χ0) is 14.8. The molecule has 0 amide bonds. The average molecular weight is 299 g/mol. The number of rotatable bonds is 4. The molecule has 7 heteroatoms. The fourth-order valence-corrected chi connectivity index (χ4v) is 3.06. The van der Waals surface area contributed by atoms with Crippen molar-refractivity contribution in [2.75, 3.05) is 24.3 Å². The molecule has 2 rings (SSSR count). The smallest absolute Gasteiger partial charge is 0.238 e. The van der Waals surface area contributed by atoms with Gasteiger partial charge in [0, 0.05) is 30.6 Å². The number of ether oxygens (including phenoxy) is 1. The number of nitrogens with two attached hydrogens (primary N) is 2. The number of nitrogen functional groups attached to an aromatic ring is 1. The zero-order valence-corrected chi connectivity index (χ0v) is 12.3. The van der Waals surface area contributed by atoms with E-state index in [0.717, 1.165) is 26.1 Å². The van der Waals surface area contributed by atoms with E-state index in [1.54, 1.807) is 6.07 Å². The van der Waals surface area contributed by atoms with Crippen molar-refractivity contribution in [3.63, 3.8) is 0 Å². The number of hydrogen-bond donors (Lipinski definition) is 3. The van der Waals surface area contributed by atoms with E-state index in [0.29, 0.717) is 17.3 Å². The Hall–Kier alpha value is -1.31. The van der Waals surface area contributed by atoms with Crippen LogP contribution in [-0.2, 0) is 14.8 Å². The van der Waals surface area contributed by atoms with Gasteiger partial charge in [0.15, 0.2) is 0 Å². The minimum absolute atomic E-state index is 0.0270. The molecule has 5 N–H and O–H groups in total. The second-order valence-corrected chi connectivity index (χ2v) is 6.78. The third kappa shape index (κ3) is 3.84. The fourth-order valence-electron chi connectivity index (χ4n) is 2.47. The van der Waals surface area contributed by atoms with Crippen LogP contribution in [0.1, 0.15) is 19.8 Å². The molecule has 1 aromatic carbocycles. The topological polar surface area (TPSA) is 107 Å². The van der Waals surface area contributed by atoms with Gasteiger partial charge in [-0.05, 0) is 43.9 Å². The van der Waals surface area contributed by atoms with E-state index in [-0.39, 0.29) is 10.9 Å². The standard InChI is InChI=1S/C13H21N3O3S/c1-9(10-2-4-19-5-3-10)16-12-6-11(14)7-13(8-12)20(15,17)18/h6-10,16H,2-5,14H2,1H3,(H2,15,17,18). The first-order chi connectivity index (χ1) is 9.36. The molecule has 1 heterocycles. The van der Waals surface area contributed by atoms with Crippen LogP contribution >= 0.6 is 0 Å². The summed E-state index contributed by atoms with van der Waals surface area (Å²) in [5.41, 5.74) is 6.78. The summed E-state index contributed by atoms with van der Waals surface area (Å²) in [5.74, 6) is 0.503. The van der Waals surface area contributed by atoms with Crippen molar-refractivity contribution in [1.29, 1.82) is 0 Å². The molecule has 1 saturated heterocycles. The predicted octanol–water partition coefficient (Wildman–Crippen LogP) is 1.14. The van der Waals surface area contributed by atoms with Gasteiger partial charge in [-0.3, -0.25) is 0 Å². The first kappa shape index (κ1) is 15.1. The summed E-state index contributed by atoms with van der Waals surface area (Å²) in [6.07, 6.45) is 2.00. The Kier molecular flexibility index (Phi) is 4.52. The summed E-state index contributed by atoms with van der Waals surface area (Å²) in [6.45, 7) is 3.63. The van der Waals surface area contributed by atoms with Gasteiger partial charge in [-0.15, -0.1) is 0 Å². The lowest BCUT2D eigenvalue weighted by molar-refractivity contribution is 0.0622. The van der Waals surface area contributed by atoms with E-state index in [2.05, 4.69) is 12.2 Å². The number of hydrogen-bond acceptors (Lipinski definition) is 5. The summed E-state index contributed by atoms with van der Waals surface area (Å²) in [7, 11) is -3.75. The molecule has 0 bridgehead atoms. The highest BCUT2D eigenvalue weighted by Crippen LogP contribution is 2.24. The molecular weight excluding hydrogens is 278 g/mol. The first-order valence-corrected chi connectivity index (χ1v) is 8.18. The molecular formula is C13H21N3O3S. The van der Waals surface area contributed by atoms with Gasteiger partial charge in [-0.1, -0.05) is 0 Å². The van der Waals surface area contributed by atoms with Gasteiger partial charge >= 0.3 is 0 Å². The van der Waals surface area contributed by atoms with Gasteiger partial charge in [0.1, 0.15) is 0 Å². The molecule has 0 aliphatic carbocycles. The zero-order valence-electron chi connectivity index (χ0n) is 11.5. The van der Waals surface area contributed by atoms with Crippen molar-refractivity contribution in [3.05, 3.63) is 18.2 Å². The van der Waals surface area contributed by atoms with Crippen LogP contribution in [0.25, 0.3) is 0 Å². The van der Waals surface area contributed by atoms with Gasteiger partial charge in [0.25, 0.3) is 0 Å². The van der Waals surface area contributed by atoms with Crippen LogP contribution in [0.4, 0.5) is 11.4 Å². The number of primary sulfonamides is 1. The van der Waals surface area contributed by atoms with Crippen molar-refractivity contribution in [3.8, 4) is 0 Å². The molecule has 6 nitrogen and oxygen atoms in total.